The molecule has 0 aromatic heterocycles. The van der Waals surface area contributed by atoms with E-state index in [4.69, 9.17) is 28.4 Å². The van der Waals surface area contributed by atoms with Crippen molar-refractivity contribution in [3.63, 3.8) is 0 Å². The monoisotopic (exact) mass is 725 g/mol. The lowest BCUT2D eigenvalue weighted by atomic mass is 10.1. The van der Waals surface area contributed by atoms with Crippen molar-refractivity contribution in [2.24, 2.45) is 0 Å². The van der Waals surface area contributed by atoms with Crippen LogP contribution in [0.25, 0.3) is 36.5 Å². The zero-order valence-corrected chi connectivity index (χ0v) is 30.2. The third-order valence-corrected chi connectivity index (χ3v) is 9.56. The lowest BCUT2D eigenvalue weighted by molar-refractivity contribution is 0.171. The van der Waals surface area contributed by atoms with Crippen molar-refractivity contribution >= 4 is 53.5 Å². The van der Waals surface area contributed by atoms with Gasteiger partial charge in [-0.1, -0.05) is 91.1 Å². The molecule has 3 aliphatic heterocycles. The Bertz CT molecular complexity index is 2110. The maximum Gasteiger partial charge on any atom is 0.161 e. The van der Waals surface area contributed by atoms with Gasteiger partial charge < -0.3 is 33.3 Å². The van der Waals surface area contributed by atoms with Gasteiger partial charge in [0.25, 0.3) is 0 Å². The van der Waals surface area contributed by atoms with Gasteiger partial charge in [0, 0.05) is 17.1 Å². The molecule has 0 saturated heterocycles. The molecule has 7 nitrogen and oxygen atoms in total. The highest BCUT2D eigenvalue weighted by molar-refractivity contribution is 5.81. The maximum atomic E-state index is 5.77. The normalized spacial score (nSPS) is 14.4. The summed E-state index contributed by atoms with van der Waals surface area (Å²) in [6.45, 7) is 3.45. The minimum Gasteiger partial charge on any atom is -0.486 e. The van der Waals surface area contributed by atoms with Crippen LogP contribution in [-0.2, 0) is 0 Å². The number of rotatable bonds is 9. The molecule has 3 heterocycles. The van der Waals surface area contributed by atoms with E-state index in [9.17, 15) is 0 Å². The second kappa shape index (κ2) is 15.6. The van der Waals surface area contributed by atoms with E-state index >= 15 is 0 Å². The Morgan fingerprint density at radius 1 is 0.273 bits per heavy atom. The van der Waals surface area contributed by atoms with E-state index in [2.05, 4.69) is 114 Å². The van der Waals surface area contributed by atoms with Gasteiger partial charge >= 0.3 is 0 Å². The smallest absolute Gasteiger partial charge is 0.161 e. The first-order chi connectivity index (χ1) is 27.2. The van der Waals surface area contributed by atoms with E-state index in [1.54, 1.807) is 0 Å². The van der Waals surface area contributed by atoms with E-state index in [-0.39, 0.29) is 0 Å². The molecule has 0 atom stereocenters. The van der Waals surface area contributed by atoms with Crippen LogP contribution in [0.15, 0.2) is 127 Å². The van der Waals surface area contributed by atoms with Gasteiger partial charge in [0.05, 0.1) is 0 Å². The second-order valence-electron chi connectivity index (χ2n) is 13.3. The fraction of sp³-hybridized carbons (Fsp3) is 0.125. The molecule has 6 aromatic carbocycles. The topological polar surface area (TPSA) is 58.6 Å². The highest BCUT2D eigenvalue weighted by atomic mass is 16.6. The summed E-state index contributed by atoms with van der Waals surface area (Å²) >= 11 is 0. The third kappa shape index (κ3) is 7.92. The predicted molar refractivity (Wildman–Crippen MR) is 220 cm³/mol. The summed E-state index contributed by atoms with van der Waals surface area (Å²) in [7, 11) is 0. The van der Waals surface area contributed by atoms with Crippen LogP contribution >= 0.6 is 0 Å². The molecule has 55 heavy (non-hydrogen) atoms. The SMILES string of the molecule is C(=C\c1ccc2c(c1)OCCO2)/c1ccc(N(c2ccc(/C=C/c3ccc4c(c3)OCCO4)cc2)c2ccc(/C=C/c3ccc4c(c3)OCCO4)cc2)cc1. The van der Waals surface area contributed by atoms with Gasteiger partial charge in [-0.05, 0) is 106 Å². The molecule has 0 bridgehead atoms. The van der Waals surface area contributed by atoms with E-state index in [1.807, 2.05) is 54.6 Å². The van der Waals surface area contributed by atoms with E-state index in [1.165, 1.54) is 0 Å². The molecular weight excluding hydrogens is 687 g/mol. The quantitative estimate of drug-likeness (QED) is 0.138. The average molecular weight is 726 g/mol. The van der Waals surface area contributed by atoms with Crippen LogP contribution in [0, 0.1) is 0 Å². The minimum absolute atomic E-state index is 0.569. The summed E-state index contributed by atoms with van der Waals surface area (Å²) in [5, 5.41) is 0. The summed E-state index contributed by atoms with van der Waals surface area (Å²) in [6, 6.07) is 43.9. The summed E-state index contributed by atoms with van der Waals surface area (Å²) in [5.74, 6) is 4.74. The highest BCUT2D eigenvalue weighted by Gasteiger charge is 2.15. The summed E-state index contributed by atoms with van der Waals surface area (Å²) in [4.78, 5) is 2.27. The second-order valence-corrected chi connectivity index (χ2v) is 13.3. The number of benzene rings is 6. The summed E-state index contributed by atoms with van der Waals surface area (Å²) in [6.07, 6.45) is 12.6. The molecule has 0 spiro atoms. The largest absolute Gasteiger partial charge is 0.486 e. The zero-order chi connectivity index (χ0) is 36.8. The Morgan fingerprint density at radius 2 is 0.509 bits per heavy atom. The Morgan fingerprint density at radius 3 is 0.800 bits per heavy atom. The van der Waals surface area contributed by atoms with Crippen molar-refractivity contribution in [1.29, 1.82) is 0 Å². The van der Waals surface area contributed by atoms with Crippen LogP contribution in [0.5, 0.6) is 34.5 Å². The minimum atomic E-state index is 0.569. The van der Waals surface area contributed by atoms with Crippen molar-refractivity contribution in [2.75, 3.05) is 44.5 Å². The molecule has 3 aliphatic rings. The molecule has 7 heteroatoms. The molecule has 0 fully saturated rings. The number of hydrogen-bond donors (Lipinski definition) is 0. The number of fused-ring (bicyclic) bond motifs is 3. The molecule has 0 unspecified atom stereocenters. The Kier molecular flexibility index (Phi) is 9.64. The van der Waals surface area contributed by atoms with Crippen molar-refractivity contribution in [3.05, 3.63) is 161 Å². The number of hydrogen-bond acceptors (Lipinski definition) is 7. The Labute approximate surface area is 320 Å². The molecule has 0 amide bonds. The molecule has 6 aromatic rings. The summed E-state index contributed by atoms with van der Waals surface area (Å²) < 4.78 is 34.4. The van der Waals surface area contributed by atoms with Crippen LogP contribution in [0.2, 0.25) is 0 Å². The maximum absolute atomic E-state index is 5.77. The molecule has 0 aliphatic carbocycles. The Balaban J connectivity index is 0.965. The number of anilines is 3. The lowest BCUT2D eigenvalue weighted by Crippen LogP contribution is -2.15. The lowest BCUT2D eigenvalue weighted by Gasteiger charge is -2.26. The molecule has 272 valence electrons. The molecule has 9 rings (SSSR count). The van der Waals surface area contributed by atoms with Crippen molar-refractivity contribution in [2.45, 2.75) is 0 Å². The van der Waals surface area contributed by atoms with Gasteiger partial charge in [0.15, 0.2) is 34.5 Å². The average Bonchev–Trinajstić information content (AvgIpc) is 3.25. The van der Waals surface area contributed by atoms with Gasteiger partial charge in [0.2, 0.25) is 0 Å². The molecule has 0 N–H and O–H groups in total. The van der Waals surface area contributed by atoms with Crippen LogP contribution in [-0.4, -0.2) is 39.6 Å². The van der Waals surface area contributed by atoms with Crippen LogP contribution in [0.4, 0.5) is 17.1 Å². The predicted octanol–water partition coefficient (Wildman–Crippen LogP) is 11.0. The van der Waals surface area contributed by atoms with Gasteiger partial charge in [-0.25, -0.2) is 0 Å². The van der Waals surface area contributed by atoms with Crippen molar-refractivity contribution in [1.82, 2.24) is 0 Å². The fourth-order valence-corrected chi connectivity index (χ4v) is 6.72. The fourth-order valence-electron chi connectivity index (χ4n) is 6.72. The van der Waals surface area contributed by atoms with Crippen LogP contribution in [0.1, 0.15) is 33.4 Å². The van der Waals surface area contributed by atoms with E-state index < -0.39 is 0 Å². The van der Waals surface area contributed by atoms with E-state index in [0.717, 1.165) is 84.9 Å². The third-order valence-electron chi connectivity index (χ3n) is 9.56. The van der Waals surface area contributed by atoms with Crippen molar-refractivity contribution < 1.29 is 28.4 Å². The first kappa shape index (κ1) is 33.9. The van der Waals surface area contributed by atoms with E-state index in [0.29, 0.717) is 39.6 Å². The molecule has 0 saturated carbocycles. The molecular formula is C48H39NO6. The molecule has 0 radical (unpaired) electrons. The first-order valence-corrected chi connectivity index (χ1v) is 18.5. The number of ether oxygens (including phenoxy) is 6. The van der Waals surface area contributed by atoms with Crippen molar-refractivity contribution in [3.8, 4) is 34.5 Å². The number of nitrogens with zero attached hydrogens (tertiary/aromatic N) is 1. The standard InChI is InChI=1S/C48H39NO6/c1(4-37-13-22-43-46(31-37)53-28-25-50-43)34-7-16-40(17-8-34)49(41-18-9-35(10-19-41)2-5-38-14-23-44-47(32-38)54-29-26-51-44)42-20-11-36(12-21-42)3-6-39-15-24-45-48(33-39)55-30-27-52-45/h1-24,31-33H,25-30H2/b4-1+,5-2+,6-3+. The zero-order valence-electron chi connectivity index (χ0n) is 30.2. The Hall–Kier alpha value is -6.86. The van der Waals surface area contributed by atoms with Gasteiger partial charge in [-0.15, -0.1) is 0 Å². The van der Waals surface area contributed by atoms with Gasteiger partial charge in [-0.2, -0.15) is 0 Å². The summed E-state index contributed by atoms with van der Waals surface area (Å²) in [5.41, 5.74) is 9.61. The van der Waals surface area contributed by atoms with Crippen LogP contribution < -0.4 is 33.3 Å². The van der Waals surface area contributed by atoms with Crippen LogP contribution in [0.3, 0.4) is 0 Å². The van der Waals surface area contributed by atoms with Gasteiger partial charge in [0.1, 0.15) is 39.6 Å². The first-order valence-electron chi connectivity index (χ1n) is 18.5. The van der Waals surface area contributed by atoms with Gasteiger partial charge in [-0.3, -0.25) is 0 Å². The highest BCUT2D eigenvalue weighted by Crippen LogP contribution is 2.37.